The van der Waals surface area contributed by atoms with E-state index in [1.165, 1.54) is 5.56 Å². The number of carbonyl (C=O) groups excluding carboxylic acids is 1. The molecular weight excluding hydrogens is 370 g/mol. The molecule has 0 fully saturated rings. The number of rotatable bonds is 7. The van der Waals surface area contributed by atoms with Gasteiger partial charge < -0.3 is 14.8 Å². The summed E-state index contributed by atoms with van der Waals surface area (Å²) in [6, 6.07) is 11.7. The number of hydrogen-bond acceptors (Lipinski definition) is 3. The van der Waals surface area contributed by atoms with Crippen LogP contribution in [0.15, 0.2) is 40.9 Å². The first-order valence-corrected chi connectivity index (χ1v) is 8.58. The van der Waals surface area contributed by atoms with E-state index in [1.807, 2.05) is 50.2 Å². The molecule has 0 aliphatic heterocycles. The van der Waals surface area contributed by atoms with E-state index < -0.39 is 0 Å². The minimum Gasteiger partial charge on any atom is -0.496 e. The van der Waals surface area contributed by atoms with Crippen LogP contribution in [0, 0.1) is 13.8 Å². The van der Waals surface area contributed by atoms with Crippen molar-refractivity contribution in [2.24, 2.45) is 0 Å². The maximum absolute atomic E-state index is 11.9. The van der Waals surface area contributed by atoms with Crippen molar-refractivity contribution in [2.45, 2.75) is 26.8 Å². The number of methoxy groups -OCH3 is 1. The summed E-state index contributed by atoms with van der Waals surface area (Å²) in [5.74, 6) is 1.57. The Labute approximate surface area is 151 Å². The molecule has 2 aromatic carbocycles. The van der Waals surface area contributed by atoms with Gasteiger partial charge in [-0.05, 0) is 64.7 Å². The molecule has 0 heterocycles. The second kappa shape index (κ2) is 8.73. The fraction of sp³-hybridized carbons (Fsp3) is 0.316. The van der Waals surface area contributed by atoms with E-state index in [0.717, 1.165) is 27.1 Å². The Balaban J connectivity index is 1.77. The highest BCUT2D eigenvalue weighted by atomic mass is 79.9. The Bertz CT molecular complexity index is 716. The normalized spacial score (nSPS) is 10.3. The van der Waals surface area contributed by atoms with Crippen LogP contribution < -0.4 is 14.8 Å². The Morgan fingerprint density at radius 3 is 2.67 bits per heavy atom. The van der Waals surface area contributed by atoms with Gasteiger partial charge in [0.2, 0.25) is 5.91 Å². The van der Waals surface area contributed by atoms with Crippen LogP contribution >= 0.6 is 15.9 Å². The van der Waals surface area contributed by atoms with Crippen molar-refractivity contribution in [1.29, 1.82) is 0 Å². The third-order valence-corrected chi connectivity index (χ3v) is 4.47. The lowest BCUT2D eigenvalue weighted by Gasteiger charge is -2.11. The molecule has 1 amide bonds. The standard InChI is InChI=1S/C19H22BrNO3/c1-13-5-4-6-17(14(13)2)24-10-9-19(22)21-12-15-7-8-18(23-3)16(20)11-15/h4-8,11H,9-10,12H2,1-3H3,(H,21,22). The van der Waals surface area contributed by atoms with E-state index in [9.17, 15) is 4.79 Å². The lowest BCUT2D eigenvalue weighted by molar-refractivity contribution is -0.121. The van der Waals surface area contributed by atoms with Gasteiger partial charge in [0.05, 0.1) is 24.6 Å². The molecule has 0 aliphatic rings. The van der Waals surface area contributed by atoms with Crippen LogP contribution in [0.25, 0.3) is 0 Å². The lowest BCUT2D eigenvalue weighted by Crippen LogP contribution is -2.24. The third kappa shape index (κ3) is 4.99. The van der Waals surface area contributed by atoms with Crippen molar-refractivity contribution in [3.8, 4) is 11.5 Å². The zero-order valence-corrected chi connectivity index (χ0v) is 15.8. The number of benzene rings is 2. The molecule has 0 saturated carbocycles. The third-order valence-electron chi connectivity index (χ3n) is 3.85. The van der Waals surface area contributed by atoms with Crippen LogP contribution in [-0.2, 0) is 11.3 Å². The SMILES string of the molecule is COc1ccc(CNC(=O)CCOc2cccc(C)c2C)cc1Br. The average molecular weight is 392 g/mol. The van der Waals surface area contributed by atoms with Crippen LogP contribution in [0.3, 0.4) is 0 Å². The first-order chi connectivity index (χ1) is 11.5. The van der Waals surface area contributed by atoms with Gasteiger partial charge in [-0.3, -0.25) is 4.79 Å². The van der Waals surface area contributed by atoms with Crippen molar-refractivity contribution in [1.82, 2.24) is 5.32 Å². The summed E-state index contributed by atoms with van der Waals surface area (Å²) >= 11 is 3.44. The van der Waals surface area contributed by atoms with Crippen molar-refractivity contribution in [3.63, 3.8) is 0 Å². The molecule has 128 valence electrons. The Hall–Kier alpha value is -2.01. The summed E-state index contributed by atoms with van der Waals surface area (Å²) in [5, 5.41) is 2.90. The molecular formula is C19H22BrNO3. The maximum Gasteiger partial charge on any atom is 0.223 e. The smallest absolute Gasteiger partial charge is 0.223 e. The monoisotopic (exact) mass is 391 g/mol. The highest BCUT2D eigenvalue weighted by Crippen LogP contribution is 2.25. The Kier molecular flexibility index (Phi) is 6.67. The summed E-state index contributed by atoms with van der Waals surface area (Å²) in [6.45, 7) is 4.90. The lowest BCUT2D eigenvalue weighted by atomic mass is 10.1. The maximum atomic E-state index is 11.9. The molecule has 2 rings (SSSR count). The van der Waals surface area contributed by atoms with Gasteiger partial charge in [-0.2, -0.15) is 0 Å². The number of amides is 1. The van der Waals surface area contributed by atoms with E-state index in [4.69, 9.17) is 9.47 Å². The molecule has 0 spiro atoms. The van der Waals surface area contributed by atoms with E-state index in [1.54, 1.807) is 7.11 Å². The number of ether oxygens (including phenoxy) is 2. The topological polar surface area (TPSA) is 47.6 Å². The molecule has 1 N–H and O–H groups in total. The molecule has 4 nitrogen and oxygen atoms in total. The van der Waals surface area contributed by atoms with Gasteiger partial charge in [0.15, 0.2) is 0 Å². The highest BCUT2D eigenvalue weighted by Gasteiger charge is 2.06. The summed E-state index contributed by atoms with van der Waals surface area (Å²) in [4.78, 5) is 11.9. The minimum atomic E-state index is -0.0350. The number of halogens is 1. The molecule has 0 atom stereocenters. The van der Waals surface area contributed by atoms with Crippen LogP contribution in [0.5, 0.6) is 11.5 Å². The van der Waals surface area contributed by atoms with Gasteiger partial charge in [-0.25, -0.2) is 0 Å². The number of carbonyl (C=O) groups is 1. The summed E-state index contributed by atoms with van der Waals surface area (Å²) in [7, 11) is 1.62. The molecule has 0 aliphatic carbocycles. The molecule has 0 bridgehead atoms. The zero-order chi connectivity index (χ0) is 17.5. The molecule has 5 heteroatoms. The zero-order valence-electron chi connectivity index (χ0n) is 14.2. The Morgan fingerprint density at radius 2 is 1.96 bits per heavy atom. The highest BCUT2D eigenvalue weighted by molar-refractivity contribution is 9.10. The number of nitrogens with one attached hydrogen (secondary N) is 1. The summed E-state index contributed by atoms with van der Waals surface area (Å²) in [5.41, 5.74) is 3.30. The molecule has 24 heavy (non-hydrogen) atoms. The first kappa shape index (κ1) is 18.3. The van der Waals surface area contributed by atoms with E-state index >= 15 is 0 Å². The fourth-order valence-electron chi connectivity index (χ4n) is 2.24. The molecule has 0 unspecified atom stereocenters. The molecule has 0 radical (unpaired) electrons. The van der Waals surface area contributed by atoms with Crippen LogP contribution in [0.2, 0.25) is 0 Å². The number of aryl methyl sites for hydroxylation is 1. The van der Waals surface area contributed by atoms with Crippen molar-refractivity contribution in [2.75, 3.05) is 13.7 Å². The van der Waals surface area contributed by atoms with Gasteiger partial charge in [-0.1, -0.05) is 18.2 Å². The minimum absolute atomic E-state index is 0.0350. The van der Waals surface area contributed by atoms with Crippen molar-refractivity contribution < 1.29 is 14.3 Å². The van der Waals surface area contributed by atoms with Crippen LogP contribution in [0.4, 0.5) is 0 Å². The van der Waals surface area contributed by atoms with Gasteiger partial charge in [0.25, 0.3) is 0 Å². The van der Waals surface area contributed by atoms with Gasteiger partial charge >= 0.3 is 0 Å². The van der Waals surface area contributed by atoms with Gasteiger partial charge in [-0.15, -0.1) is 0 Å². The van der Waals surface area contributed by atoms with Gasteiger partial charge in [0, 0.05) is 6.54 Å². The molecule has 2 aromatic rings. The van der Waals surface area contributed by atoms with E-state index in [-0.39, 0.29) is 5.91 Å². The first-order valence-electron chi connectivity index (χ1n) is 7.79. The second-order valence-corrected chi connectivity index (χ2v) is 6.40. The van der Waals surface area contributed by atoms with E-state index in [2.05, 4.69) is 21.2 Å². The fourth-order valence-corrected chi connectivity index (χ4v) is 2.83. The quantitative estimate of drug-likeness (QED) is 0.770. The average Bonchev–Trinajstić information content (AvgIpc) is 2.57. The predicted molar refractivity (Wildman–Crippen MR) is 98.6 cm³/mol. The van der Waals surface area contributed by atoms with Crippen molar-refractivity contribution >= 4 is 21.8 Å². The predicted octanol–water partition coefficient (Wildman–Crippen LogP) is 4.16. The summed E-state index contributed by atoms with van der Waals surface area (Å²) in [6.07, 6.45) is 0.324. The molecule has 0 aromatic heterocycles. The Morgan fingerprint density at radius 1 is 1.17 bits per heavy atom. The second-order valence-electron chi connectivity index (χ2n) is 5.54. The number of hydrogen-bond donors (Lipinski definition) is 1. The largest absolute Gasteiger partial charge is 0.496 e. The summed E-state index contributed by atoms with van der Waals surface area (Å²) < 4.78 is 11.8. The molecule has 0 saturated heterocycles. The van der Waals surface area contributed by atoms with Crippen LogP contribution in [-0.4, -0.2) is 19.6 Å². The van der Waals surface area contributed by atoms with Crippen molar-refractivity contribution in [3.05, 3.63) is 57.6 Å². The van der Waals surface area contributed by atoms with E-state index in [0.29, 0.717) is 19.6 Å². The van der Waals surface area contributed by atoms with Crippen LogP contribution in [0.1, 0.15) is 23.1 Å². The van der Waals surface area contributed by atoms with Gasteiger partial charge in [0.1, 0.15) is 11.5 Å².